The Hall–Kier alpha value is -6.52. The van der Waals surface area contributed by atoms with Gasteiger partial charge in [-0.05, 0) is 78.1 Å². The Kier molecular flexibility index (Phi) is 11.7. The Bertz CT molecular complexity index is 2760. The number of rotatable bonds is 11. The van der Waals surface area contributed by atoms with Crippen LogP contribution in [-0.2, 0) is 19.1 Å². The van der Waals surface area contributed by atoms with Crippen molar-refractivity contribution < 1.29 is 28.7 Å². The number of likely N-dealkylation sites (tertiary alicyclic amines) is 2. The van der Waals surface area contributed by atoms with Crippen LogP contribution in [0.2, 0.25) is 0 Å². The van der Waals surface area contributed by atoms with Gasteiger partial charge in [0.1, 0.15) is 23.7 Å². The summed E-state index contributed by atoms with van der Waals surface area (Å²) in [5.41, 5.74) is 6.49. The van der Waals surface area contributed by atoms with Crippen LogP contribution in [0.4, 0.5) is 9.59 Å². The summed E-state index contributed by atoms with van der Waals surface area (Å²) < 4.78 is 12.0. The molecule has 2 unspecified atom stereocenters. The summed E-state index contributed by atoms with van der Waals surface area (Å²) in [7, 11) is 2.58. The van der Waals surface area contributed by atoms with E-state index in [1.54, 1.807) is 22.7 Å². The maximum Gasteiger partial charge on any atom is 0.407 e. The van der Waals surface area contributed by atoms with Crippen molar-refractivity contribution >= 4 is 67.1 Å². The smallest absolute Gasteiger partial charge is 0.407 e. The fourth-order valence-electron chi connectivity index (χ4n) is 8.71. The van der Waals surface area contributed by atoms with Gasteiger partial charge in [-0.3, -0.25) is 9.59 Å². The molecule has 2 aliphatic heterocycles. The minimum atomic E-state index is -0.878. The van der Waals surface area contributed by atoms with E-state index in [-0.39, 0.29) is 29.8 Å². The fraction of sp³-hybridized carbons (Fsp3) is 0.319. The largest absolute Gasteiger partial charge is 0.453 e. The van der Waals surface area contributed by atoms with Crippen LogP contribution in [0.1, 0.15) is 74.9 Å². The van der Waals surface area contributed by atoms with Gasteiger partial charge in [0, 0.05) is 32.2 Å². The molecule has 6 heterocycles. The Morgan fingerprint density at radius 2 is 1.32 bits per heavy atom. The van der Waals surface area contributed by atoms with Crippen LogP contribution >= 0.6 is 22.7 Å². The predicted molar refractivity (Wildman–Crippen MR) is 244 cm³/mol. The first kappa shape index (κ1) is 41.8. The molecule has 63 heavy (non-hydrogen) atoms. The molecule has 0 aliphatic carbocycles. The number of fused-ring (bicyclic) bond motifs is 2. The zero-order valence-electron chi connectivity index (χ0n) is 35.3. The number of hydrogen-bond acceptors (Lipinski definition) is 10. The second-order valence-corrected chi connectivity index (χ2v) is 18.4. The first-order valence-corrected chi connectivity index (χ1v) is 22.8. The van der Waals surface area contributed by atoms with Crippen LogP contribution in [0.5, 0.6) is 0 Å². The highest BCUT2D eigenvalue weighted by molar-refractivity contribution is 7.31. The number of benzene rings is 3. The molecule has 4 aromatic heterocycles. The Morgan fingerprint density at radius 3 is 1.98 bits per heavy atom. The minimum Gasteiger partial charge on any atom is -0.453 e. The molecule has 9 rings (SSSR count). The summed E-state index contributed by atoms with van der Waals surface area (Å²) in [5.74, 6) is 1.02. The van der Waals surface area contributed by atoms with Gasteiger partial charge in [-0.15, -0.1) is 22.7 Å². The molecule has 2 saturated heterocycles. The Balaban J connectivity index is 0.879. The molecule has 0 bridgehead atoms. The third-order valence-electron chi connectivity index (χ3n) is 12.0. The lowest BCUT2D eigenvalue weighted by Gasteiger charge is -2.30. The van der Waals surface area contributed by atoms with E-state index in [4.69, 9.17) is 19.4 Å². The number of hydrogen-bond donors (Lipinski definition) is 4. The van der Waals surface area contributed by atoms with Gasteiger partial charge in [0.15, 0.2) is 0 Å². The molecular formula is C47H48N8O6S2. The molecule has 14 nitrogen and oxygen atoms in total. The minimum absolute atomic E-state index is 0.104. The number of imidazole rings is 2. The van der Waals surface area contributed by atoms with Gasteiger partial charge in [0.25, 0.3) is 5.91 Å². The van der Waals surface area contributed by atoms with E-state index in [0.717, 1.165) is 75.6 Å². The quantitative estimate of drug-likeness (QED) is 0.0994. The number of carbonyl (C=O) groups excluding carboxylic acids is 4. The first-order chi connectivity index (χ1) is 30.6. The number of methoxy groups -OCH3 is 2. The number of aromatic nitrogens is 4. The lowest BCUT2D eigenvalue weighted by molar-refractivity contribution is -0.135. The molecule has 324 valence electrons. The number of alkyl carbamates (subject to hydrolysis) is 2. The molecule has 4 N–H and O–H groups in total. The SMILES string of the molecule is COC(=O)N[C@H](C(=O)N1CCCC1c1ncc(-c2ccc(-c3cc4sc(-c5ccc6[nH]c(C7CCCN7C(=O)[C@H](NC(=O)OC)c7ccccc7)nc6c5)cc4s3)cc2)[nH]1)C(C)C. The summed E-state index contributed by atoms with van der Waals surface area (Å²) in [4.78, 5) is 74.5. The highest BCUT2D eigenvalue weighted by atomic mass is 32.1. The summed E-state index contributed by atoms with van der Waals surface area (Å²) >= 11 is 3.51. The van der Waals surface area contributed by atoms with Gasteiger partial charge < -0.3 is 39.9 Å². The van der Waals surface area contributed by atoms with E-state index in [0.29, 0.717) is 18.7 Å². The molecule has 0 radical (unpaired) electrons. The van der Waals surface area contributed by atoms with Crippen molar-refractivity contribution in [3.05, 3.63) is 108 Å². The van der Waals surface area contributed by atoms with Crippen molar-refractivity contribution in [3.8, 4) is 32.1 Å². The van der Waals surface area contributed by atoms with Gasteiger partial charge in [-0.1, -0.05) is 74.5 Å². The standard InChI is InChI=1S/C47H48N8O6S2/c1-26(2)40(52-46(58)60-3)44(56)54-20-8-12-34(54)42-48-25-33(51-42)27-14-16-28(17-15-27)36-23-38-39(62-36)24-37(63-38)30-18-19-31-32(22-30)50-43(49-31)35-13-9-21-55(35)45(57)41(53-47(59)61-4)29-10-6-5-7-11-29/h5-7,10-11,14-19,22-26,34-35,40-41H,8-9,12-13,20-21H2,1-4H3,(H,48,51)(H,49,50)(H,52,58)(H,53,59)/t34?,35?,40-,41+/m0/s1. The number of ether oxygens (including phenoxy) is 2. The second-order valence-electron chi connectivity index (χ2n) is 16.3. The molecule has 0 saturated carbocycles. The lowest BCUT2D eigenvalue weighted by Crippen LogP contribution is -2.51. The van der Waals surface area contributed by atoms with Gasteiger partial charge in [0.05, 0.1) is 49.2 Å². The van der Waals surface area contributed by atoms with E-state index in [9.17, 15) is 19.2 Å². The topological polar surface area (TPSA) is 175 Å². The van der Waals surface area contributed by atoms with Crippen molar-refractivity contribution in [2.24, 2.45) is 5.92 Å². The van der Waals surface area contributed by atoms with E-state index >= 15 is 0 Å². The average molecular weight is 885 g/mol. The average Bonchev–Trinajstić information content (AvgIpc) is 4.16. The molecule has 4 atom stereocenters. The number of aromatic amines is 2. The zero-order chi connectivity index (χ0) is 43.8. The molecule has 2 aliphatic rings. The summed E-state index contributed by atoms with van der Waals surface area (Å²) in [6.45, 7) is 4.97. The van der Waals surface area contributed by atoms with E-state index in [1.165, 1.54) is 28.5 Å². The van der Waals surface area contributed by atoms with Crippen LogP contribution < -0.4 is 10.6 Å². The number of thiophene rings is 2. The highest BCUT2D eigenvalue weighted by Gasteiger charge is 2.39. The second kappa shape index (κ2) is 17.7. The van der Waals surface area contributed by atoms with E-state index < -0.39 is 24.3 Å². The molecule has 4 amide bonds. The van der Waals surface area contributed by atoms with Crippen molar-refractivity contribution in [1.82, 2.24) is 40.4 Å². The molecule has 3 aromatic carbocycles. The lowest BCUT2D eigenvalue weighted by atomic mass is 10.0. The monoisotopic (exact) mass is 884 g/mol. The number of carbonyl (C=O) groups is 4. The third kappa shape index (κ3) is 8.40. The molecule has 7 aromatic rings. The number of nitrogens with one attached hydrogen (secondary N) is 4. The summed E-state index contributed by atoms with van der Waals surface area (Å²) in [6, 6.07) is 26.4. The normalized spacial score (nSPS) is 17.3. The van der Waals surface area contributed by atoms with E-state index in [1.807, 2.05) is 66.2 Å². The fourth-order valence-corrected chi connectivity index (χ4v) is 11.1. The Morgan fingerprint density at radius 1 is 0.714 bits per heavy atom. The number of amides is 4. The van der Waals surface area contributed by atoms with Crippen LogP contribution in [-0.4, -0.2) is 87.1 Å². The zero-order valence-corrected chi connectivity index (χ0v) is 37.0. The molecule has 16 heteroatoms. The molecule has 0 spiro atoms. The molecular weight excluding hydrogens is 837 g/mol. The summed E-state index contributed by atoms with van der Waals surface area (Å²) in [5, 5.41) is 5.44. The van der Waals surface area contributed by atoms with Crippen LogP contribution in [0.15, 0.2) is 91.1 Å². The Labute approximate surface area is 372 Å². The maximum absolute atomic E-state index is 14.0. The predicted octanol–water partition coefficient (Wildman–Crippen LogP) is 9.37. The molecule has 2 fully saturated rings. The van der Waals surface area contributed by atoms with Crippen molar-refractivity contribution in [2.45, 2.75) is 63.7 Å². The van der Waals surface area contributed by atoms with Gasteiger partial charge >= 0.3 is 12.2 Å². The van der Waals surface area contributed by atoms with Gasteiger partial charge in [-0.2, -0.15) is 0 Å². The summed E-state index contributed by atoms with van der Waals surface area (Å²) in [6.07, 6.45) is 3.76. The maximum atomic E-state index is 14.0. The first-order valence-electron chi connectivity index (χ1n) is 21.1. The van der Waals surface area contributed by atoms with Crippen LogP contribution in [0, 0.1) is 5.92 Å². The van der Waals surface area contributed by atoms with Crippen molar-refractivity contribution in [2.75, 3.05) is 27.3 Å². The van der Waals surface area contributed by atoms with Crippen LogP contribution in [0.3, 0.4) is 0 Å². The van der Waals surface area contributed by atoms with Crippen molar-refractivity contribution in [3.63, 3.8) is 0 Å². The number of nitrogens with zero attached hydrogens (tertiary/aromatic N) is 4. The highest BCUT2D eigenvalue weighted by Crippen LogP contribution is 2.43. The van der Waals surface area contributed by atoms with Crippen molar-refractivity contribution in [1.29, 1.82) is 0 Å². The van der Waals surface area contributed by atoms with Gasteiger partial charge in [0.2, 0.25) is 5.91 Å². The van der Waals surface area contributed by atoms with Crippen LogP contribution in [0.25, 0.3) is 52.6 Å². The van der Waals surface area contributed by atoms with Gasteiger partial charge in [-0.25, -0.2) is 19.6 Å². The number of H-pyrrole nitrogens is 2. The third-order valence-corrected chi connectivity index (χ3v) is 14.4. The van der Waals surface area contributed by atoms with E-state index in [2.05, 4.69) is 69.1 Å².